The van der Waals surface area contributed by atoms with Gasteiger partial charge in [-0.15, -0.1) is 0 Å². The third-order valence-electron chi connectivity index (χ3n) is 3.39. The van der Waals surface area contributed by atoms with Crippen molar-refractivity contribution in [2.45, 2.75) is 37.8 Å². The highest BCUT2D eigenvalue weighted by atomic mass is 16.2. The van der Waals surface area contributed by atoms with E-state index in [1.807, 2.05) is 18.2 Å². The van der Waals surface area contributed by atoms with Gasteiger partial charge in [-0.2, -0.15) is 0 Å². The fraction of sp³-hybridized carbons (Fsp3) is 0.538. The maximum atomic E-state index is 12.2. The molecule has 17 heavy (non-hydrogen) atoms. The summed E-state index contributed by atoms with van der Waals surface area (Å²) in [7, 11) is 1.80. The molecular formula is C13H19N3O. The Morgan fingerprint density at radius 3 is 2.76 bits per heavy atom. The number of rotatable bonds is 3. The predicted molar refractivity (Wildman–Crippen MR) is 66.1 cm³/mol. The number of nitrogens with zero attached hydrogens (tertiary/aromatic N) is 2. The minimum absolute atomic E-state index is 0.0423. The van der Waals surface area contributed by atoms with E-state index in [4.69, 9.17) is 5.73 Å². The Morgan fingerprint density at radius 1 is 1.47 bits per heavy atom. The van der Waals surface area contributed by atoms with Crippen LogP contribution in [0.15, 0.2) is 24.4 Å². The van der Waals surface area contributed by atoms with Crippen LogP contribution >= 0.6 is 0 Å². The molecule has 2 N–H and O–H groups in total. The number of aromatic nitrogens is 1. The Bertz CT molecular complexity index is 385. The molecule has 0 aromatic carbocycles. The van der Waals surface area contributed by atoms with Gasteiger partial charge in [0.15, 0.2) is 0 Å². The Hall–Kier alpha value is -1.42. The zero-order valence-corrected chi connectivity index (χ0v) is 10.2. The van der Waals surface area contributed by atoms with E-state index in [1.54, 1.807) is 18.1 Å². The first kappa shape index (κ1) is 12.0. The Morgan fingerprint density at radius 2 is 2.18 bits per heavy atom. The predicted octanol–water partition coefficient (Wildman–Crippen LogP) is 1.31. The van der Waals surface area contributed by atoms with Gasteiger partial charge in [-0.3, -0.25) is 9.78 Å². The number of pyridine rings is 1. The summed E-state index contributed by atoms with van der Waals surface area (Å²) in [5.74, 6) is 0.0423. The van der Waals surface area contributed by atoms with Crippen LogP contribution in [0.5, 0.6) is 0 Å². The van der Waals surface area contributed by atoms with Gasteiger partial charge in [0.2, 0.25) is 5.91 Å². The van der Waals surface area contributed by atoms with Gasteiger partial charge >= 0.3 is 0 Å². The molecule has 0 aliphatic heterocycles. The summed E-state index contributed by atoms with van der Waals surface area (Å²) in [6, 6.07) is 5.71. The zero-order chi connectivity index (χ0) is 12.3. The van der Waals surface area contributed by atoms with E-state index < -0.39 is 5.54 Å². The summed E-state index contributed by atoms with van der Waals surface area (Å²) < 4.78 is 0. The zero-order valence-electron chi connectivity index (χ0n) is 10.2. The van der Waals surface area contributed by atoms with Crippen molar-refractivity contribution in [2.24, 2.45) is 5.73 Å². The van der Waals surface area contributed by atoms with Crippen molar-refractivity contribution in [3.05, 3.63) is 30.1 Å². The number of nitrogens with two attached hydrogens (primary N) is 1. The second-order valence-electron chi connectivity index (χ2n) is 4.85. The summed E-state index contributed by atoms with van der Waals surface area (Å²) in [6.45, 7) is 0.526. The molecule has 1 amide bonds. The lowest BCUT2D eigenvalue weighted by Crippen LogP contribution is -2.52. The molecule has 4 heteroatoms. The molecular weight excluding hydrogens is 214 g/mol. The van der Waals surface area contributed by atoms with E-state index in [0.717, 1.165) is 31.4 Å². The second kappa shape index (κ2) is 4.84. The maximum Gasteiger partial charge on any atom is 0.242 e. The smallest absolute Gasteiger partial charge is 0.242 e. The lowest BCUT2D eigenvalue weighted by Gasteiger charge is -2.28. The van der Waals surface area contributed by atoms with Crippen LogP contribution in [0.2, 0.25) is 0 Å². The van der Waals surface area contributed by atoms with Gasteiger partial charge in [0.05, 0.1) is 17.8 Å². The standard InChI is InChI=1S/C13H19N3O/c1-16(10-11-6-2-5-9-15-11)12(17)13(14)7-3-4-8-13/h2,5-6,9H,3-4,7-8,10,14H2,1H3. The molecule has 1 saturated carbocycles. The van der Waals surface area contributed by atoms with Crippen LogP contribution in [0.3, 0.4) is 0 Å². The highest BCUT2D eigenvalue weighted by molar-refractivity contribution is 5.86. The molecule has 1 aromatic rings. The highest BCUT2D eigenvalue weighted by Crippen LogP contribution is 2.28. The topological polar surface area (TPSA) is 59.2 Å². The highest BCUT2D eigenvalue weighted by Gasteiger charge is 2.38. The first-order valence-electron chi connectivity index (χ1n) is 6.06. The number of likely N-dealkylation sites (N-methyl/N-ethyl adjacent to an activating group) is 1. The van der Waals surface area contributed by atoms with Crippen molar-refractivity contribution >= 4 is 5.91 Å². The van der Waals surface area contributed by atoms with Crippen molar-refractivity contribution in [2.75, 3.05) is 7.05 Å². The van der Waals surface area contributed by atoms with Gasteiger partial charge in [-0.25, -0.2) is 0 Å². The molecule has 0 saturated heterocycles. The Balaban J connectivity index is 2.00. The monoisotopic (exact) mass is 233 g/mol. The number of carbonyl (C=O) groups is 1. The molecule has 0 radical (unpaired) electrons. The van der Waals surface area contributed by atoms with Crippen LogP contribution in [-0.4, -0.2) is 28.4 Å². The molecule has 92 valence electrons. The van der Waals surface area contributed by atoms with Gasteiger partial charge < -0.3 is 10.6 Å². The van der Waals surface area contributed by atoms with Crippen molar-refractivity contribution < 1.29 is 4.79 Å². The van der Waals surface area contributed by atoms with Crippen LogP contribution in [0, 0.1) is 0 Å². The summed E-state index contributed by atoms with van der Waals surface area (Å²) in [6.07, 6.45) is 5.46. The number of carbonyl (C=O) groups excluding carboxylic acids is 1. The van der Waals surface area contributed by atoms with Crippen molar-refractivity contribution in [1.29, 1.82) is 0 Å². The normalized spacial score (nSPS) is 18.0. The molecule has 0 atom stereocenters. The Labute approximate surface area is 102 Å². The lowest BCUT2D eigenvalue weighted by molar-refractivity contribution is -0.136. The maximum absolute atomic E-state index is 12.2. The Kier molecular flexibility index (Phi) is 3.43. The van der Waals surface area contributed by atoms with Crippen LogP contribution in [0.25, 0.3) is 0 Å². The van der Waals surface area contributed by atoms with Crippen molar-refractivity contribution in [3.8, 4) is 0 Å². The summed E-state index contributed by atoms with van der Waals surface area (Å²) >= 11 is 0. The third kappa shape index (κ3) is 2.64. The SMILES string of the molecule is CN(Cc1ccccn1)C(=O)C1(N)CCCC1. The van der Waals surface area contributed by atoms with Crippen molar-refractivity contribution in [3.63, 3.8) is 0 Å². The van der Waals surface area contributed by atoms with Crippen LogP contribution < -0.4 is 5.73 Å². The minimum Gasteiger partial charge on any atom is -0.338 e. The fourth-order valence-electron chi connectivity index (χ4n) is 2.41. The molecule has 0 bridgehead atoms. The molecule has 1 aromatic heterocycles. The second-order valence-corrected chi connectivity index (χ2v) is 4.85. The molecule has 1 fully saturated rings. The van der Waals surface area contributed by atoms with Crippen LogP contribution in [-0.2, 0) is 11.3 Å². The van der Waals surface area contributed by atoms with Crippen LogP contribution in [0.1, 0.15) is 31.4 Å². The lowest BCUT2D eigenvalue weighted by atomic mass is 9.97. The van der Waals surface area contributed by atoms with E-state index in [2.05, 4.69) is 4.98 Å². The van der Waals surface area contributed by atoms with Crippen LogP contribution in [0.4, 0.5) is 0 Å². The minimum atomic E-state index is -0.635. The number of hydrogen-bond donors (Lipinski definition) is 1. The van der Waals surface area contributed by atoms with Crippen molar-refractivity contribution in [1.82, 2.24) is 9.88 Å². The first-order valence-corrected chi connectivity index (χ1v) is 6.06. The van der Waals surface area contributed by atoms with E-state index >= 15 is 0 Å². The first-order chi connectivity index (χ1) is 8.12. The van der Waals surface area contributed by atoms with Gasteiger partial charge in [-0.1, -0.05) is 18.9 Å². The van der Waals surface area contributed by atoms with Gasteiger partial charge in [0, 0.05) is 13.2 Å². The fourth-order valence-corrected chi connectivity index (χ4v) is 2.41. The number of hydrogen-bond acceptors (Lipinski definition) is 3. The summed E-state index contributed by atoms with van der Waals surface area (Å²) in [4.78, 5) is 18.1. The molecule has 1 heterocycles. The summed E-state index contributed by atoms with van der Waals surface area (Å²) in [5.41, 5.74) is 6.40. The van der Waals surface area contributed by atoms with Gasteiger partial charge in [-0.05, 0) is 25.0 Å². The van der Waals surface area contributed by atoms with E-state index in [9.17, 15) is 4.79 Å². The quantitative estimate of drug-likeness (QED) is 0.856. The average molecular weight is 233 g/mol. The van der Waals surface area contributed by atoms with E-state index in [-0.39, 0.29) is 5.91 Å². The van der Waals surface area contributed by atoms with Gasteiger partial charge in [0.1, 0.15) is 0 Å². The summed E-state index contributed by atoms with van der Waals surface area (Å²) in [5, 5.41) is 0. The molecule has 4 nitrogen and oxygen atoms in total. The van der Waals surface area contributed by atoms with E-state index in [1.165, 1.54) is 0 Å². The third-order valence-corrected chi connectivity index (χ3v) is 3.39. The molecule has 2 rings (SSSR count). The molecule has 1 aliphatic carbocycles. The van der Waals surface area contributed by atoms with Gasteiger partial charge in [0.25, 0.3) is 0 Å². The average Bonchev–Trinajstić information content (AvgIpc) is 2.78. The molecule has 0 spiro atoms. The molecule has 0 unspecified atom stereocenters. The number of amides is 1. The van der Waals surface area contributed by atoms with E-state index in [0.29, 0.717) is 6.54 Å². The largest absolute Gasteiger partial charge is 0.338 e. The molecule has 1 aliphatic rings.